The zero-order valence-corrected chi connectivity index (χ0v) is 13.5. The van der Waals surface area contributed by atoms with Gasteiger partial charge in [0.05, 0.1) is 10.4 Å². The highest BCUT2D eigenvalue weighted by Crippen LogP contribution is 2.39. The number of fused-ring (bicyclic) bond motifs is 1. The normalized spacial score (nSPS) is 11.3. The maximum Gasteiger partial charge on any atom is 0.295 e. The highest BCUT2D eigenvalue weighted by Gasteiger charge is 2.18. The number of hydrogen-bond donors (Lipinski definition) is 1. The van der Waals surface area contributed by atoms with Crippen LogP contribution in [0.1, 0.15) is 15.9 Å². The third kappa shape index (κ3) is 2.85. The van der Waals surface area contributed by atoms with E-state index < -0.39 is 10.8 Å². The monoisotopic (exact) mass is 338 g/mol. The number of carbonyl (C=O) groups is 1. The smallest absolute Gasteiger partial charge is 0.295 e. The molecule has 2 aromatic carbocycles. The molecule has 8 nitrogen and oxygen atoms in total. The van der Waals surface area contributed by atoms with E-state index in [0.29, 0.717) is 16.5 Å². The highest BCUT2D eigenvalue weighted by molar-refractivity contribution is 5.98. The van der Waals surface area contributed by atoms with Gasteiger partial charge >= 0.3 is 0 Å². The molecule has 126 valence electrons. The Bertz CT molecular complexity index is 1040. The van der Waals surface area contributed by atoms with Crippen LogP contribution in [0.15, 0.2) is 52.7 Å². The second-order valence-corrected chi connectivity index (χ2v) is 5.51. The van der Waals surface area contributed by atoms with Crippen molar-refractivity contribution in [1.82, 2.24) is 4.57 Å². The fraction of sp³-hybridized carbons (Fsp3) is 0.118. The molecular formula is C17H14N4O4. The summed E-state index contributed by atoms with van der Waals surface area (Å²) in [5.41, 5.74) is 1.57. The predicted molar refractivity (Wildman–Crippen MR) is 91.3 cm³/mol. The quantitative estimate of drug-likeness (QED) is 0.441. The Morgan fingerprint density at radius 2 is 1.96 bits per heavy atom. The van der Waals surface area contributed by atoms with Crippen molar-refractivity contribution in [3.05, 3.63) is 63.7 Å². The van der Waals surface area contributed by atoms with Crippen LogP contribution in [0.4, 0.5) is 11.4 Å². The highest BCUT2D eigenvalue weighted by atomic mass is 16.6. The van der Waals surface area contributed by atoms with Gasteiger partial charge in [-0.15, -0.1) is 10.2 Å². The van der Waals surface area contributed by atoms with E-state index in [1.54, 1.807) is 38.2 Å². The summed E-state index contributed by atoms with van der Waals surface area (Å²) in [5, 5.41) is 29.0. The minimum absolute atomic E-state index is 0.0168. The number of hydrogen-bond acceptors (Lipinski definition) is 5. The summed E-state index contributed by atoms with van der Waals surface area (Å²) in [4.78, 5) is 22.6. The first-order valence-corrected chi connectivity index (χ1v) is 7.37. The van der Waals surface area contributed by atoms with Crippen LogP contribution in [0.2, 0.25) is 0 Å². The van der Waals surface area contributed by atoms with E-state index in [1.165, 1.54) is 22.8 Å². The van der Waals surface area contributed by atoms with E-state index in [4.69, 9.17) is 0 Å². The average molecular weight is 338 g/mol. The van der Waals surface area contributed by atoms with Gasteiger partial charge in [0.2, 0.25) is 5.88 Å². The molecule has 8 heteroatoms. The number of nitro groups is 1. The van der Waals surface area contributed by atoms with Crippen LogP contribution in [0.5, 0.6) is 5.88 Å². The molecule has 0 spiro atoms. The fourth-order valence-corrected chi connectivity index (χ4v) is 2.57. The van der Waals surface area contributed by atoms with Crippen LogP contribution >= 0.6 is 0 Å². The molecule has 1 heterocycles. The molecule has 25 heavy (non-hydrogen) atoms. The number of amides is 1. The van der Waals surface area contributed by atoms with E-state index in [-0.39, 0.29) is 17.3 Å². The third-order valence-corrected chi connectivity index (χ3v) is 3.95. The van der Waals surface area contributed by atoms with Gasteiger partial charge in [-0.2, -0.15) is 0 Å². The Balaban J connectivity index is 2.07. The molecule has 0 fully saturated rings. The first-order valence-electron chi connectivity index (χ1n) is 7.37. The summed E-state index contributed by atoms with van der Waals surface area (Å²) in [6.07, 6.45) is 0. The van der Waals surface area contributed by atoms with E-state index in [0.717, 1.165) is 5.56 Å². The van der Waals surface area contributed by atoms with Gasteiger partial charge in [-0.3, -0.25) is 14.9 Å². The first-order chi connectivity index (χ1) is 11.9. The Labute approximate surface area is 142 Å². The number of carbonyl (C=O) groups excluding carboxylic acids is 1. The SMILES string of the molecule is Cc1ccccc1C(=O)N=Nc1c(O)n(C)c2ccc([N+](=O)[O-])cc12. The molecule has 3 aromatic rings. The molecule has 0 radical (unpaired) electrons. The van der Waals surface area contributed by atoms with Crippen molar-refractivity contribution in [2.24, 2.45) is 17.3 Å². The summed E-state index contributed by atoms with van der Waals surface area (Å²) < 4.78 is 1.42. The lowest BCUT2D eigenvalue weighted by Crippen LogP contribution is -1.96. The van der Waals surface area contributed by atoms with Gasteiger partial charge < -0.3 is 9.67 Å². The lowest BCUT2D eigenvalue weighted by Gasteiger charge is -1.98. The molecule has 1 amide bonds. The molecule has 0 aliphatic carbocycles. The lowest BCUT2D eigenvalue weighted by molar-refractivity contribution is -0.384. The number of aryl methyl sites for hydroxylation is 2. The van der Waals surface area contributed by atoms with Gasteiger partial charge in [0, 0.05) is 30.1 Å². The average Bonchev–Trinajstić information content (AvgIpc) is 2.83. The van der Waals surface area contributed by atoms with E-state index in [1.807, 2.05) is 0 Å². The summed E-state index contributed by atoms with van der Waals surface area (Å²) in [5.74, 6) is -0.781. The summed E-state index contributed by atoms with van der Waals surface area (Å²) >= 11 is 0. The Hall–Kier alpha value is -3.55. The maximum absolute atomic E-state index is 12.2. The van der Waals surface area contributed by atoms with Crippen molar-refractivity contribution in [2.75, 3.05) is 0 Å². The van der Waals surface area contributed by atoms with Crippen molar-refractivity contribution >= 4 is 28.2 Å². The van der Waals surface area contributed by atoms with Crippen molar-refractivity contribution in [1.29, 1.82) is 0 Å². The van der Waals surface area contributed by atoms with Gasteiger partial charge in [0.25, 0.3) is 11.6 Å². The second-order valence-electron chi connectivity index (χ2n) is 5.51. The summed E-state index contributed by atoms with van der Waals surface area (Å²) in [7, 11) is 1.59. The molecule has 0 unspecified atom stereocenters. The van der Waals surface area contributed by atoms with Crippen LogP contribution in [-0.2, 0) is 7.05 Å². The molecule has 0 bridgehead atoms. The largest absolute Gasteiger partial charge is 0.493 e. The van der Waals surface area contributed by atoms with Gasteiger partial charge in [-0.1, -0.05) is 18.2 Å². The number of non-ortho nitro benzene ring substituents is 1. The molecule has 3 rings (SSSR count). The zero-order chi connectivity index (χ0) is 18.1. The van der Waals surface area contributed by atoms with E-state index in [2.05, 4.69) is 10.2 Å². The minimum atomic E-state index is -0.556. The standard InChI is InChI=1S/C17H14N4O4/c1-10-5-3-4-6-12(10)16(22)19-18-15-13-9-11(21(24)25)7-8-14(13)20(2)17(15)23/h3-9,23H,1-2H3. The number of rotatable bonds is 3. The number of aromatic nitrogens is 1. The maximum atomic E-state index is 12.2. The molecule has 0 aliphatic heterocycles. The van der Waals surface area contributed by atoms with Crippen LogP contribution in [0.25, 0.3) is 10.9 Å². The Kier molecular flexibility index (Phi) is 4.02. The van der Waals surface area contributed by atoms with Crippen molar-refractivity contribution in [3.63, 3.8) is 0 Å². The fourth-order valence-electron chi connectivity index (χ4n) is 2.57. The number of nitrogens with zero attached hydrogens (tertiary/aromatic N) is 4. The third-order valence-electron chi connectivity index (χ3n) is 3.95. The van der Waals surface area contributed by atoms with Gasteiger partial charge in [0.1, 0.15) is 0 Å². The van der Waals surface area contributed by atoms with Crippen LogP contribution in [0.3, 0.4) is 0 Å². The lowest BCUT2D eigenvalue weighted by atomic mass is 10.1. The van der Waals surface area contributed by atoms with E-state index >= 15 is 0 Å². The number of azo groups is 1. The van der Waals surface area contributed by atoms with Gasteiger partial charge in [0.15, 0.2) is 5.69 Å². The minimum Gasteiger partial charge on any atom is -0.493 e. The number of nitro benzene ring substituents is 1. The van der Waals surface area contributed by atoms with Crippen molar-refractivity contribution in [2.45, 2.75) is 6.92 Å². The summed E-state index contributed by atoms with van der Waals surface area (Å²) in [6, 6.07) is 11.1. The molecule has 0 saturated heterocycles. The van der Waals surface area contributed by atoms with Crippen LogP contribution in [-0.4, -0.2) is 20.5 Å². The molecule has 1 aromatic heterocycles. The zero-order valence-electron chi connectivity index (χ0n) is 13.5. The number of benzene rings is 2. The summed E-state index contributed by atoms with van der Waals surface area (Å²) in [6.45, 7) is 1.78. The topological polar surface area (TPSA) is 110 Å². The molecular weight excluding hydrogens is 324 g/mol. The Morgan fingerprint density at radius 1 is 1.24 bits per heavy atom. The second kappa shape index (κ2) is 6.16. The predicted octanol–water partition coefficient (Wildman–Crippen LogP) is 4.02. The van der Waals surface area contributed by atoms with Crippen LogP contribution in [0, 0.1) is 17.0 Å². The molecule has 1 N–H and O–H groups in total. The first kappa shape index (κ1) is 16.3. The molecule has 0 saturated carbocycles. The van der Waals surface area contributed by atoms with Crippen molar-refractivity contribution < 1.29 is 14.8 Å². The van der Waals surface area contributed by atoms with Gasteiger partial charge in [-0.25, -0.2) is 0 Å². The Morgan fingerprint density at radius 3 is 2.64 bits per heavy atom. The van der Waals surface area contributed by atoms with Gasteiger partial charge in [-0.05, 0) is 24.6 Å². The van der Waals surface area contributed by atoms with E-state index in [9.17, 15) is 20.0 Å². The van der Waals surface area contributed by atoms with Crippen LogP contribution < -0.4 is 0 Å². The molecule has 0 atom stereocenters. The molecule has 0 aliphatic rings. The number of aromatic hydroxyl groups is 1. The van der Waals surface area contributed by atoms with Crippen molar-refractivity contribution in [3.8, 4) is 5.88 Å².